The Bertz CT molecular complexity index is 1100. The number of piperidine rings is 1. The average Bonchev–Trinajstić information content (AvgIpc) is 2.75. The van der Waals surface area contributed by atoms with E-state index in [1.807, 2.05) is 0 Å². The Morgan fingerprint density at radius 2 is 1.94 bits per heavy atom. The number of sulfonamides is 1. The minimum absolute atomic E-state index is 0.00650. The molecule has 1 saturated heterocycles. The Hall–Kier alpha value is -2.58. The zero-order valence-electron chi connectivity index (χ0n) is 17.1. The van der Waals surface area contributed by atoms with Crippen LogP contribution in [-0.2, 0) is 21.2 Å². The number of hydrogen-bond acceptors (Lipinski definition) is 4. The van der Waals surface area contributed by atoms with Crippen LogP contribution in [0.4, 0.5) is 4.39 Å². The molecule has 2 aliphatic heterocycles. The number of rotatable bonds is 6. The summed E-state index contributed by atoms with van der Waals surface area (Å²) in [5, 5.41) is 9.38. The highest BCUT2D eigenvalue weighted by Crippen LogP contribution is 2.34. The Morgan fingerprint density at radius 3 is 2.68 bits per heavy atom. The summed E-state index contributed by atoms with van der Waals surface area (Å²) in [7, 11) is -3.66. The molecule has 0 aromatic heterocycles. The summed E-state index contributed by atoms with van der Waals surface area (Å²) in [6, 6.07) is 12.9. The van der Waals surface area contributed by atoms with E-state index in [1.54, 1.807) is 36.4 Å². The number of carboxylic acids is 1. The van der Waals surface area contributed by atoms with Gasteiger partial charge in [0.1, 0.15) is 5.82 Å². The molecule has 8 heteroatoms. The second-order valence-corrected chi connectivity index (χ2v) is 10.1. The Morgan fingerprint density at radius 1 is 1.16 bits per heavy atom. The molecule has 2 heterocycles. The maximum atomic E-state index is 13.7. The highest BCUT2D eigenvalue weighted by atomic mass is 32.2. The van der Waals surface area contributed by atoms with E-state index in [1.165, 1.54) is 16.4 Å². The molecular formula is C23H25FN2O4S. The molecule has 6 nitrogen and oxygen atoms in total. The lowest BCUT2D eigenvalue weighted by Gasteiger charge is -2.38. The van der Waals surface area contributed by atoms with Crippen LogP contribution in [-0.4, -0.2) is 49.1 Å². The number of benzene rings is 2. The number of halogens is 1. The van der Waals surface area contributed by atoms with Crippen LogP contribution in [0.25, 0.3) is 0 Å². The lowest BCUT2D eigenvalue weighted by Crippen LogP contribution is -2.45. The van der Waals surface area contributed by atoms with Gasteiger partial charge in [-0.2, -0.15) is 4.31 Å². The van der Waals surface area contributed by atoms with Gasteiger partial charge in [0.2, 0.25) is 10.0 Å². The average molecular weight is 445 g/mol. The van der Waals surface area contributed by atoms with Crippen LogP contribution in [0.3, 0.4) is 0 Å². The molecule has 1 fully saturated rings. The van der Waals surface area contributed by atoms with Gasteiger partial charge < -0.3 is 5.11 Å². The van der Waals surface area contributed by atoms with E-state index in [2.05, 4.69) is 4.99 Å². The zero-order chi connectivity index (χ0) is 22.0. The van der Waals surface area contributed by atoms with Crippen LogP contribution in [0.2, 0.25) is 0 Å². The number of aliphatic imine (C=N–C) groups is 1. The fourth-order valence-electron chi connectivity index (χ4n) is 4.60. The molecule has 0 spiro atoms. The molecule has 0 radical (unpaired) electrons. The molecule has 0 unspecified atom stereocenters. The Labute approximate surface area is 181 Å². The molecule has 0 bridgehead atoms. The monoisotopic (exact) mass is 444 g/mol. The van der Waals surface area contributed by atoms with Crippen molar-refractivity contribution in [3.8, 4) is 0 Å². The van der Waals surface area contributed by atoms with E-state index in [9.17, 15) is 22.7 Å². The zero-order valence-corrected chi connectivity index (χ0v) is 17.9. The number of carbonyl (C=O) groups is 1. The van der Waals surface area contributed by atoms with E-state index >= 15 is 0 Å². The SMILES string of the molecule is O=C(O)C[C@@H]1CCN(S(=O)(=O)c2ccccc2)C[C@@H]1CC1=NCCc2cc(F)ccc21. The van der Waals surface area contributed by atoms with Crippen molar-refractivity contribution in [1.82, 2.24) is 4.31 Å². The lowest BCUT2D eigenvalue weighted by atomic mass is 9.79. The number of carboxylic acid groups (broad SMARTS) is 1. The molecule has 2 atom stereocenters. The third-order valence-electron chi connectivity index (χ3n) is 6.19. The fourth-order valence-corrected chi connectivity index (χ4v) is 6.13. The summed E-state index contributed by atoms with van der Waals surface area (Å²) >= 11 is 0. The molecular weight excluding hydrogens is 419 g/mol. The third kappa shape index (κ3) is 4.70. The highest BCUT2D eigenvalue weighted by Gasteiger charge is 2.37. The van der Waals surface area contributed by atoms with Gasteiger partial charge in [0.05, 0.1) is 4.90 Å². The standard InChI is InChI=1S/C23H25FN2O4S/c24-19-6-7-21-17(12-19)8-10-25-22(21)13-18-15-26(11-9-16(18)14-23(27)28)31(29,30)20-4-2-1-3-5-20/h1-7,12,16,18H,8-11,13-15H2,(H,27,28)/t16-,18-/m0/s1. The summed E-state index contributed by atoms with van der Waals surface area (Å²) < 4.78 is 41.4. The maximum absolute atomic E-state index is 13.7. The number of hydrogen-bond donors (Lipinski definition) is 1. The predicted molar refractivity (Wildman–Crippen MR) is 115 cm³/mol. The van der Waals surface area contributed by atoms with Gasteiger partial charge in [-0.25, -0.2) is 12.8 Å². The fraction of sp³-hybridized carbons (Fsp3) is 0.391. The van der Waals surface area contributed by atoms with Crippen molar-refractivity contribution < 1.29 is 22.7 Å². The molecule has 0 amide bonds. The van der Waals surface area contributed by atoms with Crippen LogP contribution in [0.5, 0.6) is 0 Å². The van der Waals surface area contributed by atoms with Crippen LogP contribution >= 0.6 is 0 Å². The molecule has 2 aromatic carbocycles. The molecule has 2 aromatic rings. The van der Waals surface area contributed by atoms with Gasteiger partial charge in [-0.3, -0.25) is 9.79 Å². The maximum Gasteiger partial charge on any atom is 0.303 e. The van der Waals surface area contributed by atoms with Gasteiger partial charge in [-0.15, -0.1) is 0 Å². The summed E-state index contributed by atoms with van der Waals surface area (Å²) in [5.74, 6) is -1.50. The summed E-state index contributed by atoms with van der Waals surface area (Å²) in [6.07, 6.45) is 1.60. The van der Waals surface area contributed by atoms with Crippen molar-refractivity contribution in [3.05, 3.63) is 65.5 Å². The lowest BCUT2D eigenvalue weighted by molar-refractivity contribution is -0.138. The molecule has 31 heavy (non-hydrogen) atoms. The minimum atomic E-state index is -3.66. The smallest absolute Gasteiger partial charge is 0.303 e. The van der Waals surface area contributed by atoms with E-state index in [0.717, 1.165) is 16.8 Å². The topological polar surface area (TPSA) is 87.0 Å². The van der Waals surface area contributed by atoms with Gasteiger partial charge in [0, 0.05) is 31.8 Å². The first-order valence-corrected chi connectivity index (χ1v) is 11.9. The number of aliphatic carboxylic acids is 1. The summed E-state index contributed by atoms with van der Waals surface area (Å²) in [5.41, 5.74) is 2.58. The van der Waals surface area contributed by atoms with Gasteiger partial charge >= 0.3 is 5.97 Å². The minimum Gasteiger partial charge on any atom is -0.481 e. The van der Waals surface area contributed by atoms with Crippen LogP contribution in [0.15, 0.2) is 58.4 Å². The van der Waals surface area contributed by atoms with Gasteiger partial charge in [-0.05, 0) is 72.6 Å². The molecule has 0 saturated carbocycles. The molecule has 164 valence electrons. The van der Waals surface area contributed by atoms with E-state index in [4.69, 9.17) is 0 Å². The van der Waals surface area contributed by atoms with Crippen molar-refractivity contribution in [2.45, 2.75) is 30.6 Å². The third-order valence-corrected chi connectivity index (χ3v) is 8.07. The van der Waals surface area contributed by atoms with Crippen LogP contribution < -0.4 is 0 Å². The number of fused-ring (bicyclic) bond motifs is 1. The molecule has 4 rings (SSSR count). The molecule has 0 aliphatic carbocycles. The van der Waals surface area contributed by atoms with Crippen LogP contribution in [0, 0.1) is 17.7 Å². The van der Waals surface area contributed by atoms with Crippen molar-refractivity contribution >= 4 is 21.7 Å². The Kier molecular flexibility index (Phi) is 6.20. The van der Waals surface area contributed by atoms with Crippen molar-refractivity contribution in [1.29, 1.82) is 0 Å². The molecule has 2 aliphatic rings. The normalized spacial score (nSPS) is 21.9. The number of nitrogens with zero attached hydrogens (tertiary/aromatic N) is 2. The Balaban J connectivity index is 1.60. The second kappa shape index (κ2) is 8.88. The van der Waals surface area contributed by atoms with Gasteiger partial charge in [-0.1, -0.05) is 18.2 Å². The first-order chi connectivity index (χ1) is 14.8. The predicted octanol–water partition coefficient (Wildman–Crippen LogP) is 3.36. The van der Waals surface area contributed by atoms with E-state index < -0.39 is 16.0 Å². The van der Waals surface area contributed by atoms with Crippen molar-refractivity contribution in [2.75, 3.05) is 19.6 Å². The molecule has 1 N–H and O–H groups in total. The van der Waals surface area contributed by atoms with Crippen LogP contribution in [0.1, 0.15) is 30.4 Å². The highest BCUT2D eigenvalue weighted by molar-refractivity contribution is 7.89. The summed E-state index contributed by atoms with van der Waals surface area (Å²) in [6.45, 7) is 1.08. The quantitative estimate of drug-likeness (QED) is 0.740. The largest absolute Gasteiger partial charge is 0.481 e. The second-order valence-electron chi connectivity index (χ2n) is 8.17. The van der Waals surface area contributed by atoms with Gasteiger partial charge in [0.25, 0.3) is 0 Å². The first-order valence-electron chi connectivity index (χ1n) is 10.4. The van der Waals surface area contributed by atoms with Gasteiger partial charge in [0.15, 0.2) is 0 Å². The summed E-state index contributed by atoms with van der Waals surface area (Å²) in [4.78, 5) is 16.3. The first kappa shape index (κ1) is 21.6. The van der Waals surface area contributed by atoms with Crippen molar-refractivity contribution in [2.24, 2.45) is 16.8 Å². The van der Waals surface area contributed by atoms with E-state index in [-0.39, 0.29) is 35.5 Å². The van der Waals surface area contributed by atoms with Crippen molar-refractivity contribution in [3.63, 3.8) is 0 Å². The van der Waals surface area contributed by atoms with E-state index in [0.29, 0.717) is 32.4 Å².